The molecule has 4 aromatic rings. The van der Waals surface area contributed by atoms with Gasteiger partial charge < -0.3 is 15.6 Å². The minimum atomic E-state index is -0.344. The molecular formula is C22H18ClN5O2S. The zero-order valence-electron chi connectivity index (χ0n) is 16.3. The molecule has 4 N–H and O–H groups in total. The van der Waals surface area contributed by atoms with Crippen molar-refractivity contribution in [3.05, 3.63) is 82.0 Å². The number of aromatic nitrogens is 2. The van der Waals surface area contributed by atoms with Gasteiger partial charge in [0.15, 0.2) is 0 Å². The monoisotopic (exact) mass is 451 g/mol. The molecule has 2 heterocycles. The lowest BCUT2D eigenvalue weighted by Gasteiger charge is -2.11. The van der Waals surface area contributed by atoms with Gasteiger partial charge in [0.1, 0.15) is 0 Å². The topological polar surface area (TPSA) is 102 Å². The fourth-order valence-electron chi connectivity index (χ4n) is 3.14. The first kappa shape index (κ1) is 20.6. The molecule has 0 atom stereocenters. The maximum atomic E-state index is 12.9. The number of nitrogen functional groups attached to an aromatic ring is 1. The Morgan fingerprint density at radius 2 is 2.00 bits per heavy atom. The highest BCUT2D eigenvalue weighted by molar-refractivity contribution is 7.12. The van der Waals surface area contributed by atoms with Crippen LogP contribution in [-0.4, -0.2) is 21.4 Å². The number of imidazole rings is 1. The molecule has 0 spiro atoms. The van der Waals surface area contributed by atoms with Gasteiger partial charge in [-0.1, -0.05) is 36.4 Å². The number of nitrogens with one attached hydrogen (secondary N) is 2. The molecule has 0 aliphatic heterocycles. The lowest BCUT2D eigenvalue weighted by molar-refractivity contribution is -0.111. The summed E-state index contributed by atoms with van der Waals surface area (Å²) in [6.45, 7) is 3.84. The van der Waals surface area contributed by atoms with Crippen LogP contribution in [0.25, 0.3) is 11.0 Å². The number of anilines is 3. The number of nitrogens with zero attached hydrogens (tertiary/aromatic N) is 2. The summed E-state index contributed by atoms with van der Waals surface area (Å²) in [5.74, 6) is -0.326. The summed E-state index contributed by atoms with van der Waals surface area (Å²) in [6.07, 6.45) is 1.17. The Morgan fingerprint density at radius 1 is 1.19 bits per heavy atom. The summed E-state index contributed by atoms with van der Waals surface area (Å²) in [5, 5.41) is 7.70. The highest BCUT2D eigenvalue weighted by Gasteiger charge is 2.18. The predicted molar refractivity (Wildman–Crippen MR) is 126 cm³/mol. The van der Waals surface area contributed by atoms with Crippen LogP contribution in [-0.2, 0) is 11.3 Å². The molecule has 0 radical (unpaired) electrons. The first-order valence-electron chi connectivity index (χ1n) is 9.27. The van der Waals surface area contributed by atoms with Crippen LogP contribution in [0.2, 0.25) is 5.02 Å². The third-order valence-corrected chi connectivity index (χ3v) is 5.74. The number of carbonyl (C=O) groups is 2. The van der Waals surface area contributed by atoms with Gasteiger partial charge in [-0.25, -0.2) is 4.98 Å². The second-order valence-corrected chi connectivity index (χ2v) is 8.04. The smallest absolute Gasteiger partial charge is 0.268 e. The molecule has 2 aromatic heterocycles. The van der Waals surface area contributed by atoms with Gasteiger partial charge in [0.2, 0.25) is 11.9 Å². The van der Waals surface area contributed by atoms with Crippen LogP contribution in [0.4, 0.5) is 17.3 Å². The van der Waals surface area contributed by atoms with Crippen LogP contribution in [0, 0.1) is 0 Å². The standard InChI is InChI=1S/C22H18ClN5O2S/c1-2-19(29)25-15-10-18(31-12-15)21(30)27-22-26-17-8-4-7-16(23)20(17)28(22)11-13-5-3-6-14(24)9-13/h2-10,12H,1,11,24H2,(H,25,29)(H,26,27,30). The van der Waals surface area contributed by atoms with Crippen molar-refractivity contribution >= 4 is 63.1 Å². The van der Waals surface area contributed by atoms with E-state index < -0.39 is 0 Å². The molecule has 0 saturated carbocycles. The van der Waals surface area contributed by atoms with Crippen molar-refractivity contribution in [3.63, 3.8) is 0 Å². The van der Waals surface area contributed by atoms with E-state index in [4.69, 9.17) is 17.3 Å². The Morgan fingerprint density at radius 3 is 2.77 bits per heavy atom. The quantitative estimate of drug-likeness (QED) is 0.290. The molecule has 2 aromatic carbocycles. The van der Waals surface area contributed by atoms with Crippen molar-refractivity contribution in [2.45, 2.75) is 6.54 Å². The van der Waals surface area contributed by atoms with E-state index in [0.29, 0.717) is 44.8 Å². The van der Waals surface area contributed by atoms with Crippen molar-refractivity contribution in [1.29, 1.82) is 0 Å². The number of thiophene rings is 1. The van der Waals surface area contributed by atoms with Crippen molar-refractivity contribution in [1.82, 2.24) is 9.55 Å². The third-order valence-electron chi connectivity index (χ3n) is 4.51. The normalized spacial score (nSPS) is 10.7. The number of nitrogens with two attached hydrogens (primary N) is 1. The SMILES string of the molecule is C=CC(=O)Nc1csc(C(=O)Nc2nc3cccc(Cl)c3n2Cc2cccc(N)c2)c1. The van der Waals surface area contributed by atoms with Crippen molar-refractivity contribution in [2.75, 3.05) is 16.4 Å². The number of amides is 2. The van der Waals surface area contributed by atoms with Crippen LogP contribution < -0.4 is 16.4 Å². The van der Waals surface area contributed by atoms with Crippen LogP contribution in [0.3, 0.4) is 0 Å². The minimum Gasteiger partial charge on any atom is -0.399 e. The van der Waals surface area contributed by atoms with Gasteiger partial charge in [0.25, 0.3) is 5.91 Å². The number of rotatable bonds is 6. The Kier molecular flexibility index (Phi) is 5.75. The average Bonchev–Trinajstić information content (AvgIpc) is 3.34. The summed E-state index contributed by atoms with van der Waals surface area (Å²) < 4.78 is 1.85. The van der Waals surface area contributed by atoms with Gasteiger partial charge in [-0.3, -0.25) is 14.9 Å². The van der Waals surface area contributed by atoms with E-state index in [1.807, 2.05) is 41.0 Å². The molecule has 31 heavy (non-hydrogen) atoms. The molecule has 0 saturated heterocycles. The molecule has 0 aliphatic carbocycles. The average molecular weight is 452 g/mol. The fraction of sp³-hybridized carbons (Fsp3) is 0.0455. The number of halogens is 1. The number of carbonyl (C=O) groups excluding carboxylic acids is 2. The van der Waals surface area contributed by atoms with Crippen LogP contribution >= 0.6 is 22.9 Å². The maximum Gasteiger partial charge on any atom is 0.268 e. The molecule has 0 unspecified atom stereocenters. The third kappa shape index (κ3) is 4.45. The maximum absolute atomic E-state index is 12.9. The van der Waals surface area contributed by atoms with E-state index in [1.54, 1.807) is 17.5 Å². The number of para-hydroxylation sites is 1. The number of fused-ring (bicyclic) bond motifs is 1. The Balaban J connectivity index is 1.67. The Hall–Kier alpha value is -3.62. The summed E-state index contributed by atoms with van der Waals surface area (Å²) in [4.78, 5) is 29.3. The Labute approximate surface area is 187 Å². The molecule has 7 nitrogen and oxygen atoms in total. The van der Waals surface area contributed by atoms with E-state index in [1.165, 1.54) is 17.4 Å². The molecule has 4 rings (SSSR count). The van der Waals surface area contributed by atoms with Crippen molar-refractivity contribution in [2.24, 2.45) is 0 Å². The highest BCUT2D eigenvalue weighted by atomic mass is 35.5. The first-order valence-corrected chi connectivity index (χ1v) is 10.5. The Bertz CT molecular complexity index is 1310. The summed E-state index contributed by atoms with van der Waals surface area (Å²) >= 11 is 7.66. The van der Waals surface area contributed by atoms with Gasteiger partial charge in [-0.15, -0.1) is 11.3 Å². The summed E-state index contributed by atoms with van der Waals surface area (Å²) in [7, 11) is 0. The van der Waals surface area contributed by atoms with E-state index in [9.17, 15) is 9.59 Å². The van der Waals surface area contributed by atoms with Crippen LogP contribution in [0.15, 0.2) is 66.6 Å². The van der Waals surface area contributed by atoms with Crippen molar-refractivity contribution in [3.8, 4) is 0 Å². The van der Waals surface area contributed by atoms with Gasteiger partial charge in [-0.05, 0) is 42.0 Å². The summed E-state index contributed by atoms with van der Waals surface area (Å²) in [5.41, 5.74) is 9.41. The molecule has 2 amide bonds. The van der Waals surface area contributed by atoms with Gasteiger partial charge in [0, 0.05) is 11.1 Å². The second-order valence-electron chi connectivity index (χ2n) is 6.72. The van der Waals surface area contributed by atoms with Crippen LogP contribution in [0.5, 0.6) is 0 Å². The van der Waals surface area contributed by atoms with E-state index in [-0.39, 0.29) is 11.8 Å². The van der Waals surface area contributed by atoms with Gasteiger partial charge >= 0.3 is 0 Å². The molecule has 9 heteroatoms. The molecule has 0 bridgehead atoms. The molecule has 156 valence electrons. The van der Waals surface area contributed by atoms with Crippen molar-refractivity contribution < 1.29 is 9.59 Å². The molecular weight excluding hydrogens is 434 g/mol. The van der Waals surface area contributed by atoms with E-state index in [0.717, 1.165) is 5.56 Å². The van der Waals surface area contributed by atoms with E-state index >= 15 is 0 Å². The van der Waals surface area contributed by atoms with Gasteiger partial charge in [-0.2, -0.15) is 0 Å². The first-order chi connectivity index (χ1) is 14.9. The van der Waals surface area contributed by atoms with Gasteiger partial charge in [0.05, 0.1) is 33.2 Å². The number of hydrogen-bond acceptors (Lipinski definition) is 5. The lowest BCUT2D eigenvalue weighted by Crippen LogP contribution is -2.15. The molecule has 0 fully saturated rings. The van der Waals surface area contributed by atoms with Crippen LogP contribution in [0.1, 0.15) is 15.2 Å². The summed E-state index contributed by atoms with van der Waals surface area (Å²) in [6, 6.07) is 14.5. The highest BCUT2D eigenvalue weighted by Crippen LogP contribution is 2.29. The largest absolute Gasteiger partial charge is 0.399 e. The predicted octanol–water partition coefficient (Wildman–Crippen LogP) is 4.76. The number of benzene rings is 2. The number of hydrogen-bond donors (Lipinski definition) is 3. The zero-order valence-corrected chi connectivity index (χ0v) is 17.8. The fourth-order valence-corrected chi connectivity index (χ4v) is 4.15. The zero-order chi connectivity index (χ0) is 22.0. The van der Waals surface area contributed by atoms with E-state index in [2.05, 4.69) is 22.2 Å². The molecule has 0 aliphatic rings. The minimum absolute atomic E-state index is 0.343. The lowest BCUT2D eigenvalue weighted by atomic mass is 10.2. The second kappa shape index (κ2) is 8.63.